The second-order valence-electron chi connectivity index (χ2n) is 5.19. The van der Waals surface area contributed by atoms with E-state index in [1.54, 1.807) is 7.05 Å². The number of likely N-dealkylation sites (N-methyl/N-ethyl adjacent to an activating group) is 1. The first kappa shape index (κ1) is 15.8. The molecule has 1 amide bonds. The standard InChI is InChI=1S/C14H25N5O2/c1-5-16-8-11-10(2)17-18(4)14(11)19-6-7-21-9-12(19)13(20)15-3/h12,16H,5-9H2,1-4H3,(H,15,20). The largest absolute Gasteiger partial charge is 0.377 e. The van der Waals surface area contributed by atoms with Crippen LogP contribution in [-0.2, 0) is 23.1 Å². The number of carbonyl (C=O) groups excluding carboxylic acids is 1. The van der Waals surface area contributed by atoms with Crippen LogP contribution in [0.25, 0.3) is 0 Å². The molecule has 2 N–H and O–H groups in total. The van der Waals surface area contributed by atoms with Gasteiger partial charge in [-0.2, -0.15) is 5.10 Å². The van der Waals surface area contributed by atoms with Crippen molar-refractivity contribution in [1.82, 2.24) is 20.4 Å². The molecular weight excluding hydrogens is 270 g/mol. The number of rotatable bonds is 5. The van der Waals surface area contributed by atoms with Gasteiger partial charge in [-0.05, 0) is 13.5 Å². The van der Waals surface area contributed by atoms with Gasteiger partial charge in [0.2, 0.25) is 5.91 Å². The summed E-state index contributed by atoms with van der Waals surface area (Å²) in [6, 6.07) is -0.307. The van der Waals surface area contributed by atoms with E-state index in [1.807, 2.05) is 18.7 Å². The van der Waals surface area contributed by atoms with Gasteiger partial charge in [0.15, 0.2) is 0 Å². The zero-order valence-electron chi connectivity index (χ0n) is 13.3. The number of anilines is 1. The average molecular weight is 295 g/mol. The molecule has 21 heavy (non-hydrogen) atoms. The molecule has 1 aliphatic heterocycles. The van der Waals surface area contributed by atoms with E-state index in [2.05, 4.69) is 27.6 Å². The monoisotopic (exact) mass is 295 g/mol. The predicted molar refractivity (Wildman–Crippen MR) is 81.3 cm³/mol. The van der Waals surface area contributed by atoms with Crippen LogP contribution in [0.4, 0.5) is 5.82 Å². The lowest BCUT2D eigenvalue weighted by molar-refractivity contribution is -0.124. The molecule has 118 valence electrons. The second kappa shape index (κ2) is 6.91. The minimum Gasteiger partial charge on any atom is -0.377 e. The van der Waals surface area contributed by atoms with E-state index < -0.39 is 0 Å². The quantitative estimate of drug-likeness (QED) is 0.786. The third-order valence-corrected chi connectivity index (χ3v) is 3.81. The van der Waals surface area contributed by atoms with Crippen LogP contribution in [0.5, 0.6) is 0 Å². The normalized spacial score (nSPS) is 18.9. The number of amides is 1. The van der Waals surface area contributed by atoms with Crippen LogP contribution in [0.3, 0.4) is 0 Å². The van der Waals surface area contributed by atoms with Crippen molar-refractivity contribution in [3.8, 4) is 0 Å². The highest BCUT2D eigenvalue weighted by Crippen LogP contribution is 2.26. The highest BCUT2D eigenvalue weighted by molar-refractivity contribution is 5.85. The van der Waals surface area contributed by atoms with E-state index in [0.29, 0.717) is 19.8 Å². The molecule has 1 fully saturated rings. The van der Waals surface area contributed by atoms with Crippen LogP contribution < -0.4 is 15.5 Å². The maximum atomic E-state index is 12.1. The summed E-state index contributed by atoms with van der Waals surface area (Å²) in [4.78, 5) is 14.2. The minimum atomic E-state index is -0.307. The molecule has 7 heteroatoms. The van der Waals surface area contributed by atoms with E-state index in [-0.39, 0.29) is 11.9 Å². The molecule has 0 radical (unpaired) electrons. The SMILES string of the molecule is CCNCc1c(C)nn(C)c1N1CCOCC1C(=O)NC. The molecule has 1 aromatic rings. The van der Waals surface area contributed by atoms with Crippen LogP contribution in [0.1, 0.15) is 18.2 Å². The van der Waals surface area contributed by atoms with Crippen molar-refractivity contribution < 1.29 is 9.53 Å². The Morgan fingerprint density at radius 2 is 2.29 bits per heavy atom. The maximum Gasteiger partial charge on any atom is 0.244 e. The van der Waals surface area contributed by atoms with Crippen molar-refractivity contribution >= 4 is 11.7 Å². The molecule has 1 unspecified atom stereocenters. The smallest absolute Gasteiger partial charge is 0.244 e. The highest BCUT2D eigenvalue weighted by Gasteiger charge is 2.32. The van der Waals surface area contributed by atoms with Gasteiger partial charge in [0, 0.05) is 32.7 Å². The summed E-state index contributed by atoms with van der Waals surface area (Å²) < 4.78 is 7.34. The topological polar surface area (TPSA) is 71.4 Å². The first-order valence-corrected chi connectivity index (χ1v) is 7.39. The molecule has 0 aliphatic carbocycles. The Bertz CT molecular complexity index is 500. The summed E-state index contributed by atoms with van der Waals surface area (Å²) in [5.74, 6) is 0.980. The molecule has 0 saturated carbocycles. The van der Waals surface area contributed by atoms with Gasteiger partial charge in [0.1, 0.15) is 11.9 Å². The van der Waals surface area contributed by atoms with Crippen LogP contribution in [-0.4, -0.2) is 55.1 Å². The summed E-state index contributed by atoms with van der Waals surface area (Å²) in [5, 5.41) is 10.6. The number of nitrogens with zero attached hydrogens (tertiary/aromatic N) is 3. The molecule has 1 aliphatic rings. The summed E-state index contributed by atoms with van der Waals surface area (Å²) in [6.45, 7) is 7.46. The number of carbonyl (C=O) groups is 1. The minimum absolute atomic E-state index is 0.0250. The Morgan fingerprint density at radius 1 is 1.52 bits per heavy atom. The van der Waals surface area contributed by atoms with Crippen molar-refractivity contribution in [3.63, 3.8) is 0 Å². The van der Waals surface area contributed by atoms with Crippen molar-refractivity contribution in [2.45, 2.75) is 26.4 Å². The zero-order chi connectivity index (χ0) is 15.4. The molecule has 1 aromatic heterocycles. The van der Waals surface area contributed by atoms with Crippen LogP contribution >= 0.6 is 0 Å². The molecule has 1 saturated heterocycles. The molecule has 7 nitrogen and oxygen atoms in total. The number of aryl methyl sites for hydroxylation is 2. The van der Waals surface area contributed by atoms with Gasteiger partial charge < -0.3 is 20.3 Å². The number of hydrogen-bond donors (Lipinski definition) is 2. The van der Waals surface area contributed by atoms with Crippen molar-refractivity contribution in [3.05, 3.63) is 11.3 Å². The molecular formula is C14H25N5O2. The van der Waals surface area contributed by atoms with E-state index in [0.717, 1.165) is 30.2 Å². The number of aromatic nitrogens is 2. The van der Waals surface area contributed by atoms with Crippen molar-refractivity contribution in [1.29, 1.82) is 0 Å². The molecule has 1 atom stereocenters. The Labute approximate surface area is 125 Å². The van der Waals surface area contributed by atoms with E-state index in [4.69, 9.17) is 4.74 Å². The summed E-state index contributed by atoms with van der Waals surface area (Å²) in [6.07, 6.45) is 0. The predicted octanol–water partition coefficient (Wildman–Crippen LogP) is -0.211. The first-order chi connectivity index (χ1) is 10.1. The Morgan fingerprint density at radius 3 is 2.95 bits per heavy atom. The average Bonchev–Trinajstić information content (AvgIpc) is 2.78. The summed E-state index contributed by atoms with van der Waals surface area (Å²) >= 11 is 0. The van der Waals surface area contributed by atoms with Gasteiger partial charge in [-0.15, -0.1) is 0 Å². The lowest BCUT2D eigenvalue weighted by atomic mass is 10.1. The molecule has 0 bridgehead atoms. The lowest BCUT2D eigenvalue weighted by Gasteiger charge is -2.36. The van der Waals surface area contributed by atoms with E-state index in [1.165, 1.54) is 0 Å². The van der Waals surface area contributed by atoms with E-state index >= 15 is 0 Å². The fourth-order valence-electron chi connectivity index (χ4n) is 2.75. The van der Waals surface area contributed by atoms with Gasteiger partial charge in [-0.25, -0.2) is 0 Å². The van der Waals surface area contributed by atoms with Gasteiger partial charge >= 0.3 is 0 Å². The third kappa shape index (κ3) is 3.19. The van der Waals surface area contributed by atoms with Crippen molar-refractivity contribution in [2.24, 2.45) is 7.05 Å². The fraction of sp³-hybridized carbons (Fsp3) is 0.714. The number of hydrogen-bond acceptors (Lipinski definition) is 5. The van der Waals surface area contributed by atoms with Gasteiger partial charge in [0.05, 0.1) is 18.9 Å². The Kier molecular flexibility index (Phi) is 5.19. The van der Waals surface area contributed by atoms with Crippen LogP contribution in [0.2, 0.25) is 0 Å². The number of morpholine rings is 1. The maximum absolute atomic E-state index is 12.1. The van der Waals surface area contributed by atoms with Crippen molar-refractivity contribution in [2.75, 3.05) is 38.3 Å². The molecule has 2 rings (SSSR count). The molecule has 0 aromatic carbocycles. The van der Waals surface area contributed by atoms with E-state index in [9.17, 15) is 4.79 Å². The van der Waals surface area contributed by atoms with Gasteiger partial charge in [0.25, 0.3) is 0 Å². The van der Waals surface area contributed by atoms with Gasteiger partial charge in [-0.3, -0.25) is 9.48 Å². The Balaban J connectivity index is 2.35. The van der Waals surface area contributed by atoms with Crippen LogP contribution in [0, 0.1) is 6.92 Å². The number of nitrogens with one attached hydrogen (secondary N) is 2. The Hall–Kier alpha value is -1.60. The second-order valence-corrected chi connectivity index (χ2v) is 5.19. The molecule has 2 heterocycles. The summed E-state index contributed by atoms with van der Waals surface area (Å²) in [5.41, 5.74) is 2.14. The van der Waals surface area contributed by atoms with Gasteiger partial charge in [-0.1, -0.05) is 6.92 Å². The third-order valence-electron chi connectivity index (χ3n) is 3.81. The highest BCUT2D eigenvalue weighted by atomic mass is 16.5. The molecule has 0 spiro atoms. The first-order valence-electron chi connectivity index (χ1n) is 7.39. The summed E-state index contributed by atoms with van der Waals surface area (Å²) in [7, 11) is 3.58. The van der Waals surface area contributed by atoms with Crippen LogP contribution in [0.15, 0.2) is 0 Å². The lowest BCUT2D eigenvalue weighted by Crippen LogP contribution is -2.54. The number of ether oxygens (including phenoxy) is 1. The fourth-order valence-corrected chi connectivity index (χ4v) is 2.75. The zero-order valence-corrected chi connectivity index (χ0v) is 13.3.